The molecule has 2 aromatic carbocycles. The molecule has 0 saturated carbocycles. The van der Waals surface area contributed by atoms with Crippen molar-refractivity contribution in [3.8, 4) is 17.4 Å². The number of benzene rings is 2. The highest BCUT2D eigenvalue weighted by atomic mass is 35.5. The van der Waals surface area contributed by atoms with Gasteiger partial charge < -0.3 is 25.8 Å². The molecule has 1 heterocycles. The van der Waals surface area contributed by atoms with Gasteiger partial charge in [0.2, 0.25) is 11.8 Å². The Bertz CT molecular complexity index is 1220. The van der Waals surface area contributed by atoms with E-state index in [9.17, 15) is 14.0 Å². The lowest BCUT2D eigenvalue weighted by molar-refractivity contribution is 0.0958. The number of carbonyl (C=O) groups excluding carboxylic acids is 2. The average Bonchev–Trinajstić information content (AvgIpc) is 2.80. The molecule has 0 aliphatic rings. The smallest absolute Gasteiger partial charge is 0.255 e. The number of hydrogen-bond donors (Lipinski definition) is 3. The molecule has 0 radical (unpaired) electrons. The molecule has 172 valence electrons. The van der Waals surface area contributed by atoms with Gasteiger partial charge in [-0.2, -0.15) is 4.98 Å². The van der Waals surface area contributed by atoms with Crippen LogP contribution in [0.3, 0.4) is 0 Å². The lowest BCUT2D eigenvalue weighted by Crippen LogP contribution is -2.20. The number of methoxy groups -OCH3 is 1. The highest BCUT2D eigenvalue weighted by molar-refractivity contribution is 6.31. The van der Waals surface area contributed by atoms with Crippen molar-refractivity contribution in [1.82, 2.24) is 15.3 Å². The van der Waals surface area contributed by atoms with E-state index in [0.29, 0.717) is 12.0 Å². The zero-order chi connectivity index (χ0) is 24.1. The Labute approximate surface area is 194 Å². The van der Waals surface area contributed by atoms with Gasteiger partial charge >= 0.3 is 0 Å². The zero-order valence-corrected chi connectivity index (χ0v) is 18.8. The molecule has 3 rings (SSSR count). The van der Waals surface area contributed by atoms with Crippen molar-refractivity contribution in [1.29, 1.82) is 0 Å². The molecule has 33 heavy (non-hydrogen) atoms. The first-order valence-corrected chi connectivity index (χ1v) is 10.2. The molecule has 0 spiro atoms. The molecule has 0 fully saturated rings. The van der Waals surface area contributed by atoms with Crippen LogP contribution in [0, 0.1) is 5.82 Å². The van der Waals surface area contributed by atoms with Crippen LogP contribution in [0.5, 0.6) is 17.4 Å². The molecule has 0 saturated heterocycles. The van der Waals surface area contributed by atoms with E-state index >= 15 is 0 Å². The Balaban J connectivity index is 1.98. The van der Waals surface area contributed by atoms with Crippen molar-refractivity contribution >= 4 is 35.1 Å². The van der Waals surface area contributed by atoms with Gasteiger partial charge in [-0.05, 0) is 24.1 Å². The van der Waals surface area contributed by atoms with Crippen molar-refractivity contribution < 1.29 is 23.5 Å². The minimum atomic E-state index is -0.933. The first kappa shape index (κ1) is 23.7. The fourth-order valence-corrected chi connectivity index (χ4v) is 3.19. The van der Waals surface area contributed by atoms with Crippen LogP contribution in [0.4, 0.5) is 16.0 Å². The van der Waals surface area contributed by atoms with Gasteiger partial charge in [-0.25, -0.2) is 9.37 Å². The summed E-state index contributed by atoms with van der Waals surface area (Å²) in [6, 6.07) is 7.40. The molecule has 0 unspecified atom stereocenters. The predicted octanol–water partition coefficient (Wildman–Crippen LogP) is 3.83. The lowest BCUT2D eigenvalue weighted by Gasteiger charge is -2.15. The van der Waals surface area contributed by atoms with Crippen LogP contribution in [0.25, 0.3) is 0 Å². The van der Waals surface area contributed by atoms with E-state index in [0.717, 1.165) is 11.6 Å². The summed E-state index contributed by atoms with van der Waals surface area (Å²) in [7, 11) is 2.87. The Kier molecular flexibility index (Phi) is 7.29. The molecular formula is C22H21ClFN5O4. The molecule has 1 aromatic heterocycles. The third-order valence-electron chi connectivity index (χ3n) is 4.67. The lowest BCUT2D eigenvalue weighted by atomic mass is 10.0. The zero-order valence-electron chi connectivity index (χ0n) is 18.0. The summed E-state index contributed by atoms with van der Waals surface area (Å²) in [6.07, 6.45) is 1.90. The summed E-state index contributed by atoms with van der Waals surface area (Å²) >= 11 is 6.21. The van der Waals surface area contributed by atoms with Crippen LogP contribution in [-0.2, 0) is 6.42 Å². The quantitative estimate of drug-likeness (QED) is 0.453. The minimum Gasteiger partial charge on any atom is -0.495 e. The Morgan fingerprint density at radius 3 is 2.64 bits per heavy atom. The molecular weight excluding hydrogens is 453 g/mol. The number of aromatic nitrogens is 2. The molecule has 0 aliphatic heterocycles. The standard InChI is InChI=1S/C22H21ClFN5O4/c1-4-11-6-5-7-16(18(11)20(31)26-2)33-21-13(23)10-27-22(29-21)28-15-9-14(24)12(19(25)30)8-17(15)32-3/h5-10H,4H2,1-3H3,(H2,25,30)(H,26,31)(H,27,28,29). The Hall–Kier alpha value is -3.92. The van der Waals surface area contributed by atoms with Gasteiger partial charge in [0, 0.05) is 13.1 Å². The summed E-state index contributed by atoms with van der Waals surface area (Å²) in [4.78, 5) is 32.1. The van der Waals surface area contributed by atoms with Crippen LogP contribution >= 0.6 is 11.6 Å². The molecule has 2 amide bonds. The van der Waals surface area contributed by atoms with Crippen LogP contribution in [0.2, 0.25) is 5.02 Å². The molecule has 3 aromatic rings. The number of ether oxygens (including phenoxy) is 2. The van der Waals surface area contributed by atoms with Gasteiger partial charge in [-0.3, -0.25) is 9.59 Å². The number of rotatable bonds is 8. The van der Waals surface area contributed by atoms with Gasteiger partial charge in [-0.15, -0.1) is 0 Å². The number of nitrogens with one attached hydrogen (secondary N) is 2. The number of amides is 2. The Morgan fingerprint density at radius 2 is 2.00 bits per heavy atom. The fraction of sp³-hybridized carbons (Fsp3) is 0.182. The molecule has 11 heteroatoms. The molecule has 9 nitrogen and oxygen atoms in total. The third-order valence-corrected chi connectivity index (χ3v) is 4.93. The molecule has 4 N–H and O–H groups in total. The second-order valence-corrected chi connectivity index (χ2v) is 7.10. The molecule has 0 atom stereocenters. The number of nitrogens with two attached hydrogens (primary N) is 1. The van der Waals surface area contributed by atoms with Gasteiger partial charge in [-0.1, -0.05) is 30.7 Å². The normalized spacial score (nSPS) is 10.5. The van der Waals surface area contributed by atoms with E-state index in [1.54, 1.807) is 12.1 Å². The van der Waals surface area contributed by atoms with Crippen LogP contribution in [0.1, 0.15) is 33.2 Å². The van der Waals surface area contributed by atoms with E-state index in [1.165, 1.54) is 26.4 Å². The number of halogens is 2. The van der Waals surface area contributed by atoms with Crippen molar-refractivity contribution in [3.05, 3.63) is 64.1 Å². The second kappa shape index (κ2) is 10.1. The average molecular weight is 474 g/mol. The van der Waals surface area contributed by atoms with E-state index < -0.39 is 11.7 Å². The van der Waals surface area contributed by atoms with E-state index in [4.69, 9.17) is 26.8 Å². The van der Waals surface area contributed by atoms with Crippen molar-refractivity contribution in [2.45, 2.75) is 13.3 Å². The van der Waals surface area contributed by atoms with Crippen molar-refractivity contribution in [2.24, 2.45) is 5.73 Å². The maximum Gasteiger partial charge on any atom is 0.255 e. The van der Waals surface area contributed by atoms with E-state index in [2.05, 4.69) is 20.6 Å². The fourth-order valence-electron chi connectivity index (χ4n) is 3.06. The van der Waals surface area contributed by atoms with Gasteiger partial charge in [0.25, 0.3) is 11.8 Å². The van der Waals surface area contributed by atoms with Gasteiger partial charge in [0.05, 0.1) is 30.1 Å². The monoisotopic (exact) mass is 473 g/mol. The van der Waals surface area contributed by atoms with Gasteiger partial charge in [0.1, 0.15) is 22.3 Å². The van der Waals surface area contributed by atoms with Crippen molar-refractivity contribution in [3.63, 3.8) is 0 Å². The predicted molar refractivity (Wildman–Crippen MR) is 121 cm³/mol. The van der Waals surface area contributed by atoms with Gasteiger partial charge in [0.15, 0.2) is 0 Å². The summed E-state index contributed by atoms with van der Waals surface area (Å²) in [5.74, 6) is -1.72. The number of primary amides is 1. The first-order chi connectivity index (χ1) is 15.8. The second-order valence-electron chi connectivity index (χ2n) is 6.69. The number of nitrogens with zero attached hydrogens (tertiary/aromatic N) is 2. The summed E-state index contributed by atoms with van der Waals surface area (Å²) in [6.45, 7) is 1.92. The van der Waals surface area contributed by atoms with Crippen LogP contribution in [0.15, 0.2) is 36.5 Å². The highest BCUT2D eigenvalue weighted by Crippen LogP contribution is 2.34. The third kappa shape index (κ3) is 5.12. The highest BCUT2D eigenvalue weighted by Gasteiger charge is 2.19. The Morgan fingerprint density at radius 1 is 1.24 bits per heavy atom. The summed E-state index contributed by atoms with van der Waals surface area (Å²) < 4.78 is 25.3. The number of anilines is 2. The van der Waals surface area contributed by atoms with E-state index in [-0.39, 0.29) is 45.5 Å². The van der Waals surface area contributed by atoms with Crippen LogP contribution < -0.4 is 25.8 Å². The largest absolute Gasteiger partial charge is 0.495 e. The van der Waals surface area contributed by atoms with E-state index in [1.807, 2.05) is 13.0 Å². The molecule has 0 aliphatic carbocycles. The summed E-state index contributed by atoms with van der Waals surface area (Å²) in [5, 5.41) is 5.48. The van der Waals surface area contributed by atoms with Crippen molar-refractivity contribution in [2.75, 3.05) is 19.5 Å². The number of carbonyl (C=O) groups is 2. The SMILES string of the molecule is CCc1cccc(Oc2nc(Nc3cc(F)c(C(N)=O)cc3OC)ncc2Cl)c1C(=O)NC. The minimum absolute atomic E-state index is 0.00654. The topological polar surface area (TPSA) is 128 Å². The van der Waals surface area contributed by atoms with Crippen LogP contribution in [-0.4, -0.2) is 35.9 Å². The summed E-state index contributed by atoms with van der Waals surface area (Å²) in [5.41, 5.74) is 6.14. The number of aryl methyl sites for hydroxylation is 1. The maximum atomic E-state index is 14.3. The number of hydrogen-bond acceptors (Lipinski definition) is 7. The first-order valence-electron chi connectivity index (χ1n) is 9.77. The molecule has 0 bridgehead atoms. The maximum absolute atomic E-state index is 14.3.